The number of alkyl carbamates (subject to hydrolysis) is 2. The summed E-state index contributed by atoms with van der Waals surface area (Å²) in [5.74, 6) is 0. The van der Waals surface area contributed by atoms with Crippen LogP contribution in [-0.4, -0.2) is 59.4 Å². The van der Waals surface area contributed by atoms with Gasteiger partial charge >= 0.3 is 30.2 Å². The van der Waals surface area contributed by atoms with Crippen molar-refractivity contribution in [3.63, 3.8) is 0 Å². The summed E-state index contributed by atoms with van der Waals surface area (Å²) in [6.07, 6.45) is 11.3. The number of halogens is 9. The van der Waals surface area contributed by atoms with Gasteiger partial charge in [0.05, 0.1) is 16.1 Å². The van der Waals surface area contributed by atoms with Crippen LogP contribution in [0.15, 0.2) is 141 Å². The number of amides is 2. The SMILES string of the molecule is O=C(NCCCC[Si](CCC[Si](Cl)(Cl)Cl)(CCC[Si](Cl)(Cl)Cl)CCC[Si](Cl)(Cl)Cl)OCc1c2ccccc2cc2ccccc12.[CH+]=CC[Si](CC=C)(CC=C)CCCCNC(=O)OCc1c2ccccc2cc2ccccc12. The standard InChI is InChI=1S/C29H38Cl9NO2Si4.C29H33NO2Si/c30-43(31,32)19-7-16-42(17-8-20-44(33,34)35,18-9-21-45(36,37)38)15-6-5-14-39-29(40)41-23-28-26-12-3-1-10-24(26)22-25-11-2-4-13-27(25)28;1-4-18-33(19-5-2,20-6-3)21-12-11-17-30-29(31)32-23-28-26-15-9-7-13-24(26)22-25-14-8-10-16-27(25)28/h1-4,10-13,22H,5-9,14-21,23H2,(H,39,40);1,4-10,13-16,22H,2-3,11-12,17-21,23H2/p+1. The number of hydrogen-bond donors (Lipinski definition) is 2. The average Bonchev–Trinajstić information content (AvgIpc) is 3.38. The highest BCUT2D eigenvalue weighted by molar-refractivity contribution is 7.65. The first-order valence-corrected chi connectivity index (χ1v) is 48.1. The maximum Gasteiger partial charge on any atom is 0.407 e. The van der Waals surface area contributed by atoms with E-state index in [-0.39, 0.29) is 19.3 Å². The molecule has 6 aromatic rings. The Bertz CT molecular complexity index is 2720. The molecule has 0 atom stereocenters. The van der Waals surface area contributed by atoms with Crippen LogP contribution in [-0.2, 0) is 22.7 Å². The molecule has 0 heterocycles. The Kier molecular flexibility index (Phi) is 28.3. The summed E-state index contributed by atoms with van der Waals surface area (Å²) in [5.41, 5.74) is 2.05. The van der Waals surface area contributed by atoms with Gasteiger partial charge in [0.15, 0.2) is 0 Å². The quantitative estimate of drug-likeness (QED) is 0.0110. The summed E-state index contributed by atoms with van der Waals surface area (Å²) < 4.78 is 11.3. The third kappa shape index (κ3) is 23.2. The lowest BCUT2D eigenvalue weighted by Gasteiger charge is -2.33. The van der Waals surface area contributed by atoms with Gasteiger partial charge < -0.3 is 20.1 Å². The summed E-state index contributed by atoms with van der Waals surface area (Å²) in [4.78, 5) is 25.1. The molecule has 0 radical (unpaired) electrons. The molecule has 0 spiro atoms. The number of unbranched alkanes of at least 4 members (excludes halogenated alkanes) is 2. The first kappa shape index (κ1) is 66.5. The van der Waals surface area contributed by atoms with Crippen LogP contribution in [0.4, 0.5) is 9.59 Å². The van der Waals surface area contributed by atoms with Crippen molar-refractivity contribution >= 4 is 189 Å². The lowest BCUT2D eigenvalue weighted by molar-refractivity contribution is 0.139. The Labute approximate surface area is 510 Å². The van der Waals surface area contributed by atoms with Crippen molar-refractivity contribution < 1.29 is 19.1 Å². The van der Waals surface area contributed by atoms with Crippen LogP contribution in [0, 0.1) is 6.58 Å². The number of ether oxygens (including phenoxy) is 2. The molecule has 6 nitrogen and oxygen atoms in total. The Morgan fingerprint density at radius 1 is 0.436 bits per heavy atom. The van der Waals surface area contributed by atoms with Crippen molar-refractivity contribution in [2.45, 2.75) is 125 Å². The molecule has 0 aliphatic heterocycles. The summed E-state index contributed by atoms with van der Waals surface area (Å²) in [6, 6.07) is 39.1. The van der Waals surface area contributed by atoms with E-state index in [9.17, 15) is 9.59 Å². The Hall–Kier alpha value is -2.28. The first-order chi connectivity index (χ1) is 37.2. The van der Waals surface area contributed by atoms with Crippen molar-refractivity contribution in [1.82, 2.24) is 10.6 Å². The summed E-state index contributed by atoms with van der Waals surface area (Å²) in [6.45, 7) is 15.2. The molecule has 0 unspecified atom stereocenters. The Morgan fingerprint density at radius 2 is 0.744 bits per heavy atom. The normalized spacial score (nSPS) is 12.3. The zero-order chi connectivity index (χ0) is 56.7. The van der Waals surface area contributed by atoms with Gasteiger partial charge in [0.1, 0.15) is 19.3 Å². The smallest absolute Gasteiger partial charge is 0.407 e. The number of benzene rings is 6. The third-order valence-corrected chi connectivity index (χ3v) is 32.8. The number of carbonyl (C=O) groups is 2. The molecule has 0 aliphatic rings. The van der Waals surface area contributed by atoms with Crippen LogP contribution in [0.25, 0.3) is 43.1 Å². The highest BCUT2D eigenvalue weighted by Gasteiger charge is 2.36. The van der Waals surface area contributed by atoms with Gasteiger partial charge in [-0.05, 0) is 98.3 Å². The molecule has 0 saturated carbocycles. The lowest BCUT2D eigenvalue weighted by Crippen LogP contribution is -2.35. The van der Waals surface area contributed by atoms with Crippen LogP contribution in [0.2, 0.25) is 66.5 Å². The van der Waals surface area contributed by atoms with Gasteiger partial charge in [-0.2, -0.15) is 0 Å². The highest BCUT2D eigenvalue weighted by atomic mass is 35.9. The van der Waals surface area contributed by atoms with Crippen molar-refractivity contribution in [3.05, 3.63) is 158 Å². The zero-order valence-electron chi connectivity index (χ0n) is 44.2. The van der Waals surface area contributed by atoms with Gasteiger partial charge in [-0.1, -0.05) is 172 Å². The zero-order valence-corrected chi connectivity index (χ0v) is 56.0. The van der Waals surface area contributed by atoms with Gasteiger partial charge in [0.2, 0.25) is 6.58 Å². The fraction of sp³-hybridized carbons (Fsp3) is 0.379. The minimum Gasteiger partial charge on any atom is -0.445 e. The molecule has 0 bridgehead atoms. The minimum atomic E-state index is -2.73. The number of nitrogens with one attached hydrogen (secondary N) is 2. The van der Waals surface area contributed by atoms with E-state index in [0.717, 1.165) is 148 Å². The molecule has 0 aliphatic carbocycles. The second kappa shape index (κ2) is 33.1. The van der Waals surface area contributed by atoms with Gasteiger partial charge in [-0.25, -0.2) is 9.59 Å². The highest BCUT2D eigenvalue weighted by Crippen LogP contribution is 2.40. The number of carbonyl (C=O) groups excluding carboxylic acids is 2. The monoisotopic (exact) mass is 1320 g/mol. The molecule has 0 aromatic heterocycles. The molecule has 78 heavy (non-hydrogen) atoms. The van der Waals surface area contributed by atoms with E-state index in [2.05, 4.69) is 84.5 Å². The topological polar surface area (TPSA) is 76.7 Å². The Morgan fingerprint density at radius 3 is 1.05 bits per heavy atom. The van der Waals surface area contributed by atoms with Crippen molar-refractivity contribution in [2.24, 2.45) is 0 Å². The fourth-order valence-corrected chi connectivity index (χ4v) is 26.2. The molecule has 20 heteroatoms. The molecule has 6 aromatic carbocycles. The summed E-state index contributed by atoms with van der Waals surface area (Å²) in [5, 5.41) is 14.8. The van der Waals surface area contributed by atoms with Gasteiger partial charge in [0.25, 0.3) is 0 Å². The average molecular weight is 1320 g/mol. The van der Waals surface area contributed by atoms with E-state index in [1.54, 1.807) is 6.08 Å². The molecule has 6 rings (SSSR count). The number of hydrogen-bond acceptors (Lipinski definition) is 4. The molecular formula is C58H72Cl9N2O4Si5+. The van der Waals surface area contributed by atoms with E-state index in [1.807, 2.05) is 60.7 Å². The van der Waals surface area contributed by atoms with Gasteiger partial charge in [-0.3, -0.25) is 0 Å². The van der Waals surface area contributed by atoms with Crippen molar-refractivity contribution in [2.75, 3.05) is 13.1 Å². The number of rotatable bonds is 32. The number of fused-ring (bicyclic) bond motifs is 4. The third-order valence-electron chi connectivity index (χ3n) is 14.5. The van der Waals surface area contributed by atoms with Crippen LogP contribution < -0.4 is 10.6 Å². The van der Waals surface area contributed by atoms with Crippen LogP contribution >= 0.6 is 99.7 Å². The van der Waals surface area contributed by atoms with Crippen LogP contribution in [0.3, 0.4) is 0 Å². The molecule has 2 amide bonds. The second-order valence-electron chi connectivity index (χ2n) is 20.3. The summed E-state index contributed by atoms with van der Waals surface area (Å²) in [7, 11) is -3.43. The largest absolute Gasteiger partial charge is 0.445 e. The maximum atomic E-state index is 12.7. The summed E-state index contributed by atoms with van der Waals surface area (Å²) >= 11 is 56.0. The molecule has 0 fully saturated rings. The van der Waals surface area contributed by atoms with Crippen molar-refractivity contribution in [1.29, 1.82) is 0 Å². The second-order valence-corrected chi connectivity index (χ2v) is 57.9. The Balaban J connectivity index is 0.000000301. The predicted molar refractivity (Wildman–Crippen MR) is 355 cm³/mol. The van der Waals surface area contributed by atoms with Crippen molar-refractivity contribution in [3.8, 4) is 0 Å². The first-order valence-electron chi connectivity index (χ1n) is 26.7. The fourth-order valence-electron chi connectivity index (χ4n) is 10.7. The maximum absolute atomic E-state index is 12.7. The van der Waals surface area contributed by atoms with Gasteiger partial charge in [0, 0.05) is 30.3 Å². The van der Waals surface area contributed by atoms with Crippen LogP contribution in [0.1, 0.15) is 56.1 Å². The predicted octanol–water partition coefficient (Wildman–Crippen LogP) is 21.4. The van der Waals surface area contributed by atoms with E-state index >= 15 is 0 Å². The van der Waals surface area contributed by atoms with E-state index < -0.39 is 40.3 Å². The molecular weight excluding hydrogens is 1250 g/mol. The van der Waals surface area contributed by atoms with E-state index in [4.69, 9.17) is 116 Å². The van der Waals surface area contributed by atoms with E-state index in [0.29, 0.717) is 31.2 Å². The molecule has 2 N–H and O–H groups in total. The lowest BCUT2D eigenvalue weighted by atomic mass is 9.97. The van der Waals surface area contributed by atoms with Gasteiger partial charge in [-0.15, -0.1) is 113 Å². The molecule has 0 saturated heterocycles. The van der Waals surface area contributed by atoms with Crippen LogP contribution in [0.5, 0.6) is 0 Å². The van der Waals surface area contributed by atoms with E-state index in [1.165, 1.54) is 0 Å². The molecule has 420 valence electrons. The minimum absolute atomic E-state index is 0.190. The number of allylic oxidation sites excluding steroid dienone is 3.